The summed E-state index contributed by atoms with van der Waals surface area (Å²) in [4.78, 5) is 15.1. The summed E-state index contributed by atoms with van der Waals surface area (Å²) in [6.07, 6.45) is 2.02. The van der Waals surface area contributed by atoms with Gasteiger partial charge in [0, 0.05) is 18.3 Å². The number of hydrogen-bond donors (Lipinski definition) is 1. The Labute approximate surface area is 165 Å². The highest BCUT2D eigenvalue weighted by Gasteiger charge is 2.25. The molecule has 148 valence electrons. The van der Waals surface area contributed by atoms with E-state index in [-0.39, 0.29) is 11.9 Å². The normalized spacial score (nSPS) is 17.2. The molecule has 2 heterocycles. The van der Waals surface area contributed by atoms with Crippen molar-refractivity contribution in [3.63, 3.8) is 0 Å². The van der Waals surface area contributed by atoms with Crippen LogP contribution in [0, 0.1) is 0 Å². The van der Waals surface area contributed by atoms with Crippen LogP contribution in [-0.2, 0) is 17.8 Å². The number of nitrogens with one attached hydrogen (secondary N) is 1. The number of anilines is 1. The van der Waals surface area contributed by atoms with Gasteiger partial charge < -0.3 is 19.5 Å². The van der Waals surface area contributed by atoms with Crippen molar-refractivity contribution in [2.24, 2.45) is 0 Å². The average Bonchev–Trinajstić information content (AvgIpc) is 2.94. The molecule has 0 aliphatic carbocycles. The second kappa shape index (κ2) is 8.10. The maximum Gasteiger partial charge on any atom is 0.241 e. The molecule has 4 rings (SSSR count). The predicted octanol–water partition coefficient (Wildman–Crippen LogP) is 3.24. The monoisotopic (exact) mass is 382 g/mol. The van der Waals surface area contributed by atoms with Crippen LogP contribution in [0.2, 0.25) is 0 Å². The first-order valence-electron chi connectivity index (χ1n) is 9.74. The van der Waals surface area contributed by atoms with Crippen LogP contribution in [-0.4, -0.2) is 43.7 Å². The smallest absolute Gasteiger partial charge is 0.241 e. The molecule has 0 radical (unpaired) electrons. The van der Waals surface area contributed by atoms with Gasteiger partial charge in [-0.1, -0.05) is 6.07 Å². The van der Waals surface area contributed by atoms with Crippen LogP contribution >= 0.6 is 0 Å². The Bertz CT molecular complexity index is 868. The summed E-state index contributed by atoms with van der Waals surface area (Å²) in [5, 5.41) is 3.02. The van der Waals surface area contributed by atoms with Gasteiger partial charge in [-0.05, 0) is 61.7 Å². The number of aryl methyl sites for hydroxylation is 1. The van der Waals surface area contributed by atoms with E-state index in [1.54, 1.807) is 7.11 Å². The molecule has 0 fully saturated rings. The molecule has 1 N–H and O–H groups in total. The number of benzene rings is 2. The van der Waals surface area contributed by atoms with Crippen molar-refractivity contribution in [3.8, 4) is 17.2 Å². The van der Waals surface area contributed by atoms with Crippen LogP contribution in [0.5, 0.6) is 17.2 Å². The number of carbonyl (C=O) groups is 1. The van der Waals surface area contributed by atoms with E-state index in [4.69, 9.17) is 14.2 Å². The van der Waals surface area contributed by atoms with Gasteiger partial charge in [0.25, 0.3) is 0 Å². The number of fused-ring (bicyclic) bond motifs is 2. The van der Waals surface area contributed by atoms with E-state index in [9.17, 15) is 4.79 Å². The molecule has 0 bridgehead atoms. The number of nitrogens with zero attached hydrogens (tertiary/aromatic N) is 1. The molecule has 2 aromatic rings. The van der Waals surface area contributed by atoms with Gasteiger partial charge in [0.2, 0.25) is 5.91 Å². The van der Waals surface area contributed by atoms with Crippen molar-refractivity contribution in [3.05, 3.63) is 47.5 Å². The zero-order valence-electron chi connectivity index (χ0n) is 16.4. The zero-order valence-corrected chi connectivity index (χ0v) is 16.4. The standard InChI is InChI=1S/C22H26N2O4/c1-15(22(25)23-18-6-8-20-21(13-18)28-11-10-27-20)24-9-3-4-16-12-19(26-2)7-5-17(16)14-24/h5-8,12-13,15H,3-4,9-11,14H2,1-2H3,(H,23,25). The highest BCUT2D eigenvalue weighted by atomic mass is 16.6. The van der Waals surface area contributed by atoms with Crippen LogP contribution in [0.25, 0.3) is 0 Å². The number of rotatable bonds is 4. The van der Waals surface area contributed by atoms with Crippen molar-refractivity contribution in [2.75, 3.05) is 32.2 Å². The largest absolute Gasteiger partial charge is 0.497 e. The van der Waals surface area contributed by atoms with Crippen molar-refractivity contribution >= 4 is 11.6 Å². The van der Waals surface area contributed by atoms with Gasteiger partial charge in [0.1, 0.15) is 19.0 Å². The van der Waals surface area contributed by atoms with Crippen LogP contribution in [0.15, 0.2) is 36.4 Å². The molecule has 0 aromatic heterocycles. The van der Waals surface area contributed by atoms with Gasteiger partial charge in [-0.15, -0.1) is 0 Å². The Kier molecular flexibility index (Phi) is 5.39. The molecule has 28 heavy (non-hydrogen) atoms. The van der Waals surface area contributed by atoms with E-state index in [0.717, 1.165) is 43.1 Å². The van der Waals surface area contributed by atoms with Crippen LogP contribution in [0.3, 0.4) is 0 Å². The molecule has 0 spiro atoms. The van der Waals surface area contributed by atoms with Crippen molar-refractivity contribution in [1.29, 1.82) is 0 Å². The Balaban J connectivity index is 1.44. The first kappa shape index (κ1) is 18.6. The lowest BCUT2D eigenvalue weighted by molar-refractivity contribution is -0.121. The second-order valence-corrected chi connectivity index (χ2v) is 7.23. The molecular formula is C22H26N2O4. The van der Waals surface area contributed by atoms with E-state index in [1.807, 2.05) is 31.2 Å². The van der Waals surface area contributed by atoms with Gasteiger partial charge >= 0.3 is 0 Å². The summed E-state index contributed by atoms with van der Waals surface area (Å²) in [6, 6.07) is 11.5. The number of carbonyl (C=O) groups excluding carboxylic acids is 1. The molecule has 6 heteroatoms. The van der Waals surface area contributed by atoms with Gasteiger partial charge in [-0.3, -0.25) is 9.69 Å². The minimum atomic E-state index is -0.235. The first-order chi connectivity index (χ1) is 13.6. The topological polar surface area (TPSA) is 60.0 Å². The Morgan fingerprint density at radius 1 is 1.11 bits per heavy atom. The fourth-order valence-corrected chi connectivity index (χ4v) is 3.75. The molecule has 2 aromatic carbocycles. The Morgan fingerprint density at radius 3 is 2.75 bits per heavy atom. The second-order valence-electron chi connectivity index (χ2n) is 7.23. The van der Waals surface area contributed by atoms with E-state index >= 15 is 0 Å². The van der Waals surface area contributed by atoms with Crippen LogP contribution < -0.4 is 19.5 Å². The van der Waals surface area contributed by atoms with Gasteiger partial charge in [0.05, 0.1) is 13.2 Å². The van der Waals surface area contributed by atoms with Gasteiger partial charge in [0.15, 0.2) is 11.5 Å². The number of ether oxygens (including phenoxy) is 3. The third-order valence-electron chi connectivity index (χ3n) is 5.42. The van der Waals surface area contributed by atoms with E-state index in [2.05, 4.69) is 22.3 Å². The number of methoxy groups -OCH3 is 1. The van der Waals surface area contributed by atoms with Crippen molar-refractivity contribution < 1.29 is 19.0 Å². The minimum Gasteiger partial charge on any atom is -0.497 e. The molecule has 2 aliphatic heterocycles. The maximum absolute atomic E-state index is 12.9. The Hall–Kier alpha value is -2.73. The SMILES string of the molecule is COc1ccc2c(c1)CCCN(C(C)C(=O)Nc1ccc3c(c1)OCCO3)C2. The third kappa shape index (κ3) is 3.92. The van der Waals surface area contributed by atoms with Crippen molar-refractivity contribution in [1.82, 2.24) is 4.90 Å². The molecule has 6 nitrogen and oxygen atoms in total. The van der Waals surface area contributed by atoms with Gasteiger partial charge in [-0.25, -0.2) is 0 Å². The third-order valence-corrected chi connectivity index (χ3v) is 5.42. The average molecular weight is 382 g/mol. The fraction of sp³-hybridized carbons (Fsp3) is 0.409. The molecule has 1 atom stereocenters. The summed E-state index contributed by atoms with van der Waals surface area (Å²) in [7, 11) is 1.69. The lowest BCUT2D eigenvalue weighted by Crippen LogP contribution is -2.41. The lowest BCUT2D eigenvalue weighted by Gasteiger charge is -2.27. The number of amides is 1. The molecular weight excluding hydrogens is 356 g/mol. The summed E-state index contributed by atoms with van der Waals surface area (Å²) >= 11 is 0. The highest BCUT2D eigenvalue weighted by molar-refractivity contribution is 5.94. The first-order valence-corrected chi connectivity index (χ1v) is 9.74. The van der Waals surface area contributed by atoms with E-state index in [1.165, 1.54) is 11.1 Å². The lowest BCUT2D eigenvalue weighted by atomic mass is 10.0. The zero-order chi connectivity index (χ0) is 19.5. The summed E-state index contributed by atoms with van der Waals surface area (Å²) < 4.78 is 16.5. The summed E-state index contributed by atoms with van der Waals surface area (Å²) in [5.74, 6) is 2.26. The van der Waals surface area contributed by atoms with Crippen LogP contribution in [0.1, 0.15) is 24.5 Å². The maximum atomic E-state index is 12.9. The van der Waals surface area contributed by atoms with Crippen molar-refractivity contribution in [2.45, 2.75) is 32.4 Å². The van der Waals surface area contributed by atoms with Gasteiger partial charge in [-0.2, -0.15) is 0 Å². The molecule has 1 amide bonds. The highest BCUT2D eigenvalue weighted by Crippen LogP contribution is 2.32. The van der Waals surface area contributed by atoms with E-state index in [0.29, 0.717) is 19.0 Å². The predicted molar refractivity (Wildman–Crippen MR) is 107 cm³/mol. The number of hydrogen-bond acceptors (Lipinski definition) is 5. The molecule has 0 saturated carbocycles. The Morgan fingerprint density at radius 2 is 1.93 bits per heavy atom. The van der Waals surface area contributed by atoms with Crippen LogP contribution in [0.4, 0.5) is 5.69 Å². The molecule has 2 aliphatic rings. The minimum absolute atomic E-state index is 0.0198. The quantitative estimate of drug-likeness (QED) is 0.880. The summed E-state index contributed by atoms with van der Waals surface area (Å²) in [5.41, 5.74) is 3.29. The van der Waals surface area contributed by atoms with E-state index < -0.39 is 0 Å². The molecule has 0 saturated heterocycles. The fourth-order valence-electron chi connectivity index (χ4n) is 3.75. The molecule has 1 unspecified atom stereocenters. The summed E-state index contributed by atoms with van der Waals surface area (Å²) in [6.45, 7) is 4.68.